The number of carboxylic acids is 1. The second kappa shape index (κ2) is 4.93. The fourth-order valence-electron chi connectivity index (χ4n) is 1.03. The molecule has 2 N–H and O–H groups in total. The first kappa shape index (κ1) is 12.4. The van der Waals surface area contributed by atoms with Crippen LogP contribution >= 0.6 is 15.9 Å². The van der Waals surface area contributed by atoms with Crippen molar-refractivity contribution in [3.8, 4) is 0 Å². The summed E-state index contributed by atoms with van der Waals surface area (Å²) in [6.07, 6.45) is 0. The number of aliphatic carboxylic acids is 1. The van der Waals surface area contributed by atoms with E-state index in [2.05, 4.69) is 21.2 Å². The maximum absolute atomic E-state index is 10.6. The van der Waals surface area contributed by atoms with Crippen LogP contribution in [0.25, 0.3) is 0 Å². The fourth-order valence-corrected chi connectivity index (χ4v) is 1.51. The number of nitrogens with zero attached hydrogens (tertiary/aromatic N) is 1. The normalized spacial score (nSPS) is 11.9. The number of carboxylic acid groups (broad SMARTS) is 1. The molecule has 86 valence electrons. The van der Waals surface area contributed by atoms with Gasteiger partial charge in [0, 0.05) is 22.3 Å². The molecule has 0 aliphatic heterocycles. The molecule has 0 aliphatic rings. The molecule has 1 rings (SSSR count). The number of rotatable bonds is 4. The number of hydrogen-bond donors (Lipinski definition) is 2. The number of nitro benzene ring substituents is 1. The van der Waals surface area contributed by atoms with E-state index >= 15 is 0 Å². The summed E-state index contributed by atoms with van der Waals surface area (Å²) in [6, 6.07) is 3.32. The van der Waals surface area contributed by atoms with E-state index in [0.717, 1.165) is 0 Å². The zero-order valence-electron chi connectivity index (χ0n) is 8.31. The smallest absolute Gasteiger partial charge is 0.325 e. The highest BCUT2D eigenvalue weighted by atomic mass is 79.9. The molecule has 6 nitrogen and oxygen atoms in total. The molecule has 1 aromatic rings. The van der Waals surface area contributed by atoms with Gasteiger partial charge in [0.2, 0.25) is 0 Å². The minimum Gasteiger partial charge on any atom is -0.480 e. The predicted octanol–water partition coefficient (Wildman–Crippen LogP) is 2.24. The zero-order chi connectivity index (χ0) is 12.3. The van der Waals surface area contributed by atoms with Crippen molar-refractivity contribution in [3.05, 3.63) is 32.8 Å². The summed E-state index contributed by atoms with van der Waals surface area (Å²) >= 11 is 3.13. The van der Waals surface area contributed by atoms with Crippen molar-refractivity contribution >= 4 is 33.3 Å². The van der Waals surface area contributed by atoms with E-state index in [9.17, 15) is 14.9 Å². The lowest BCUT2D eigenvalue weighted by Gasteiger charge is -2.11. The van der Waals surface area contributed by atoms with Crippen LogP contribution in [0, 0.1) is 10.1 Å². The quantitative estimate of drug-likeness (QED) is 0.655. The van der Waals surface area contributed by atoms with Gasteiger partial charge in [-0.15, -0.1) is 0 Å². The molecule has 0 spiro atoms. The molecule has 1 atom stereocenters. The van der Waals surface area contributed by atoms with E-state index in [1.165, 1.54) is 25.1 Å². The molecule has 0 saturated heterocycles. The fraction of sp³-hybridized carbons (Fsp3) is 0.222. The number of non-ortho nitro benzene ring substituents is 1. The highest BCUT2D eigenvalue weighted by Gasteiger charge is 2.14. The largest absolute Gasteiger partial charge is 0.480 e. The molecule has 0 fully saturated rings. The zero-order valence-corrected chi connectivity index (χ0v) is 9.89. The van der Waals surface area contributed by atoms with Crippen LogP contribution in [0.5, 0.6) is 0 Å². The molecule has 0 bridgehead atoms. The number of hydrogen-bond acceptors (Lipinski definition) is 4. The van der Waals surface area contributed by atoms with Gasteiger partial charge >= 0.3 is 5.97 Å². The third-order valence-electron chi connectivity index (χ3n) is 1.91. The van der Waals surface area contributed by atoms with Gasteiger partial charge in [-0.2, -0.15) is 0 Å². The second-order valence-electron chi connectivity index (χ2n) is 3.13. The molecule has 7 heteroatoms. The molecule has 0 amide bonds. The molecular weight excluding hydrogens is 280 g/mol. The summed E-state index contributed by atoms with van der Waals surface area (Å²) in [5.74, 6) is -0.995. The van der Waals surface area contributed by atoms with Gasteiger partial charge in [0.1, 0.15) is 6.04 Å². The molecule has 0 radical (unpaired) electrons. The summed E-state index contributed by atoms with van der Waals surface area (Å²) in [5, 5.41) is 21.9. The van der Waals surface area contributed by atoms with E-state index in [0.29, 0.717) is 10.2 Å². The van der Waals surface area contributed by atoms with Gasteiger partial charge in [0.05, 0.1) is 4.92 Å². The second-order valence-corrected chi connectivity index (χ2v) is 3.98. The monoisotopic (exact) mass is 288 g/mol. The standard InChI is InChI=1S/C9H9BrN2O4/c1-5(9(13)14)11-8-3-2-6(12(15)16)4-7(8)10/h2-5,11H,1H3,(H,13,14). The van der Waals surface area contributed by atoms with Gasteiger partial charge < -0.3 is 10.4 Å². The average molecular weight is 289 g/mol. The van der Waals surface area contributed by atoms with Crippen molar-refractivity contribution in [2.24, 2.45) is 0 Å². The molecule has 0 saturated carbocycles. The first-order chi connectivity index (χ1) is 7.41. The topological polar surface area (TPSA) is 92.5 Å². The number of halogens is 1. The Morgan fingerprint density at radius 1 is 1.62 bits per heavy atom. The Kier molecular flexibility index (Phi) is 3.83. The molecule has 1 aromatic carbocycles. The van der Waals surface area contributed by atoms with E-state index in [-0.39, 0.29) is 5.69 Å². The van der Waals surface area contributed by atoms with Crippen molar-refractivity contribution < 1.29 is 14.8 Å². The Morgan fingerprint density at radius 2 is 2.25 bits per heavy atom. The lowest BCUT2D eigenvalue weighted by atomic mass is 10.2. The molecule has 1 unspecified atom stereocenters. The predicted molar refractivity (Wildman–Crippen MR) is 61.5 cm³/mol. The minimum atomic E-state index is -0.995. The maximum atomic E-state index is 10.6. The third kappa shape index (κ3) is 2.93. The summed E-state index contributed by atoms with van der Waals surface area (Å²) in [5.41, 5.74) is 0.445. The lowest BCUT2D eigenvalue weighted by Crippen LogP contribution is -2.25. The van der Waals surface area contributed by atoms with Gasteiger partial charge in [-0.1, -0.05) is 0 Å². The van der Waals surface area contributed by atoms with Gasteiger partial charge in [-0.25, -0.2) is 0 Å². The molecular formula is C9H9BrN2O4. The van der Waals surface area contributed by atoms with Crippen LogP contribution in [-0.2, 0) is 4.79 Å². The molecule has 0 heterocycles. The Balaban J connectivity index is 2.91. The highest BCUT2D eigenvalue weighted by molar-refractivity contribution is 9.10. The summed E-state index contributed by atoms with van der Waals surface area (Å²) in [6.45, 7) is 1.48. The number of anilines is 1. The minimum absolute atomic E-state index is 0.0552. The SMILES string of the molecule is CC(Nc1ccc([N+](=O)[O-])cc1Br)C(=O)O. The Morgan fingerprint density at radius 3 is 2.69 bits per heavy atom. The number of nitrogens with one attached hydrogen (secondary N) is 1. The van der Waals surface area contributed by atoms with Crippen molar-refractivity contribution in [2.75, 3.05) is 5.32 Å². The van der Waals surface area contributed by atoms with E-state index < -0.39 is 16.9 Å². The first-order valence-electron chi connectivity index (χ1n) is 4.35. The summed E-state index contributed by atoms with van der Waals surface area (Å²) in [4.78, 5) is 20.6. The summed E-state index contributed by atoms with van der Waals surface area (Å²) in [7, 11) is 0. The Bertz CT molecular complexity index is 436. The molecule has 16 heavy (non-hydrogen) atoms. The van der Waals surface area contributed by atoms with Crippen LogP contribution in [0.1, 0.15) is 6.92 Å². The Labute approximate surface area is 99.6 Å². The van der Waals surface area contributed by atoms with Crippen LogP contribution in [0.2, 0.25) is 0 Å². The highest BCUT2D eigenvalue weighted by Crippen LogP contribution is 2.27. The summed E-state index contributed by atoms with van der Waals surface area (Å²) < 4.78 is 0.454. The van der Waals surface area contributed by atoms with E-state index in [1.807, 2.05) is 0 Å². The lowest BCUT2D eigenvalue weighted by molar-refractivity contribution is -0.384. The van der Waals surface area contributed by atoms with Crippen LogP contribution < -0.4 is 5.32 Å². The van der Waals surface area contributed by atoms with Gasteiger partial charge in [0.15, 0.2) is 0 Å². The van der Waals surface area contributed by atoms with Gasteiger partial charge in [0.25, 0.3) is 5.69 Å². The van der Waals surface area contributed by atoms with Crippen LogP contribution in [-0.4, -0.2) is 22.0 Å². The average Bonchev–Trinajstić information content (AvgIpc) is 2.20. The van der Waals surface area contributed by atoms with Crippen molar-refractivity contribution in [2.45, 2.75) is 13.0 Å². The van der Waals surface area contributed by atoms with Crippen LogP contribution in [0.15, 0.2) is 22.7 Å². The van der Waals surface area contributed by atoms with E-state index in [1.54, 1.807) is 0 Å². The van der Waals surface area contributed by atoms with Crippen molar-refractivity contribution in [3.63, 3.8) is 0 Å². The number of benzene rings is 1. The van der Waals surface area contributed by atoms with Crippen LogP contribution in [0.4, 0.5) is 11.4 Å². The maximum Gasteiger partial charge on any atom is 0.325 e. The Hall–Kier alpha value is -1.63. The van der Waals surface area contributed by atoms with Crippen molar-refractivity contribution in [1.82, 2.24) is 0 Å². The number of carbonyl (C=O) groups is 1. The van der Waals surface area contributed by atoms with Crippen molar-refractivity contribution in [1.29, 1.82) is 0 Å². The van der Waals surface area contributed by atoms with Crippen LogP contribution in [0.3, 0.4) is 0 Å². The third-order valence-corrected chi connectivity index (χ3v) is 2.56. The first-order valence-corrected chi connectivity index (χ1v) is 5.14. The van der Waals surface area contributed by atoms with Gasteiger partial charge in [-0.3, -0.25) is 14.9 Å². The van der Waals surface area contributed by atoms with Gasteiger partial charge in [-0.05, 0) is 28.9 Å². The van der Waals surface area contributed by atoms with E-state index in [4.69, 9.17) is 5.11 Å². The number of nitro groups is 1. The molecule has 0 aromatic heterocycles. The molecule has 0 aliphatic carbocycles.